The Hall–Kier alpha value is -1.55. The number of benzene rings is 1. The minimum atomic E-state index is -0.564. The Morgan fingerprint density at radius 1 is 1.39 bits per heavy atom. The van der Waals surface area contributed by atoms with Crippen LogP contribution >= 0.6 is 0 Å². The molecule has 1 rings (SSSR count). The zero-order valence-corrected chi connectivity index (χ0v) is 11.1. The van der Waals surface area contributed by atoms with Crippen molar-refractivity contribution in [1.82, 2.24) is 5.32 Å². The second kappa shape index (κ2) is 6.40. The third kappa shape index (κ3) is 4.75. The first kappa shape index (κ1) is 14.5. The van der Waals surface area contributed by atoms with Crippen molar-refractivity contribution in [2.75, 3.05) is 6.61 Å². The van der Waals surface area contributed by atoms with E-state index in [0.29, 0.717) is 12.2 Å². The van der Waals surface area contributed by atoms with Crippen LogP contribution in [0.2, 0.25) is 0 Å². The zero-order chi connectivity index (χ0) is 13.6. The number of rotatable bonds is 6. The SMILES string of the molecule is CC(Oc1ccccc1)C(=O)NC(C)(C)CCO. The first-order valence-electron chi connectivity index (χ1n) is 6.09. The van der Waals surface area contributed by atoms with E-state index in [1.807, 2.05) is 44.2 Å². The molecule has 2 N–H and O–H groups in total. The summed E-state index contributed by atoms with van der Waals surface area (Å²) in [7, 11) is 0. The van der Waals surface area contributed by atoms with Crippen molar-refractivity contribution in [3.8, 4) is 5.75 Å². The molecule has 18 heavy (non-hydrogen) atoms. The molecule has 1 aromatic rings. The maximum atomic E-state index is 11.9. The highest BCUT2D eigenvalue weighted by atomic mass is 16.5. The van der Waals surface area contributed by atoms with Gasteiger partial charge in [-0.05, 0) is 39.3 Å². The van der Waals surface area contributed by atoms with E-state index in [1.165, 1.54) is 0 Å². The van der Waals surface area contributed by atoms with E-state index < -0.39 is 11.6 Å². The van der Waals surface area contributed by atoms with Crippen LogP contribution in [0.4, 0.5) is 0 Å². The maximum absolute atomic E-state index is 11.9. The highest BCUT2D eigenvalue weighted by Crippen LogP contribution is 2.12. The topological polar surface area (TPSA) is 58.6 Å². The average Bonchev–Trinajstić information content (AvgIpc) is 2.29. The van der Waals surface area contributed by atoms with Crippen LogP contribution in [0.15, 0.2) is 30.3 Å². The van der Waals surface area contributed by atoms with Gasteiger partial charge in [-0.15, -0.1) is 0 Å². The number of hydrogen-bond donors (Lipinski definition) is 2. The van der Waals surface area contributed by atoms with Gasteiger partial charge in [0.05, 0.1) is 0 Å². The van der Waals surface area contributed by atoms with E-state index >= 15 is 0 Å². The molecule has 1 unspecified atom stereocenters. The Bertz CT molecular complexity index is 376. The normalized spacial score (nSPS) is 12.9. The zero-order valence-electron chi connectivity index (χ0n) is 11.1. The summed E-state index contributed by atoms with van der Waals surface area (Å²) in [6.45, 7) is 5.49. The van der Waals surface area contributed by atoms with Crippen LogP contribution in [0, 0.1) is 0 Å². The smallest absolute Gasteiger partial charge is 0.261 e. The number of carbonyl (C=O) groups is 1. The summed E-state index contributed by atoms with van der Waals surface area (Å²) >= 11 is 0. The molecule has 4 heteroatoms. The third-order valence-electron chi connectivity index (χ3n) is 2.62. The number of nitrogens with one attached hydrogen (secondary N) is 1. The lowest BCUT2D eigenvalue weighted by Gasteiger charge is -2.27. The van der Waals surface area contributed by atoms with Crippen LogP contribution in [0.3, 0.4) is 0 Å². The van der Waals surface area contributed by atoms with Gasteiger partial charge in [0.15, 0.2) is 6.10 Å². The fourth-order valence-corrected chi connectivity index (χ4v) is 1.53. The van der Waals surface area contributed by atoms with Gasteiger partial charge >= 0.3 is 0 Å². The first-order chi connectivity index (χ1) is 8.44. The lowest BCUT2D eigenvalue weighted by Crippen LogP contribution is -2.49. The lowest BCUT2D eigenvalue weighted by molar-refractivity contribution is -0.129. The molecular formula is C14H21NO3. The van der Waals surface area contributed by atoms with Crippen molar-refractivity contribution in [3.63, 3.8) is 0 Å². The first-order valence-corrected chi connectivity index (χ1v) is 6.09. The molecule has 0 aliphatic carbocycles. The van der Waals surface area contributed by atoms with Crippen molar-refractivity contribution < 1.29 is 14.6 Å². The van der Waals surface area contributed by atoms with Crippen molar-refractivity contribution in [2.45, 2.75) is 38.8 Å². The van der Waals surface area contributed by atoms with Gasteiger partial charge in [0, 0.05) is 12.1 Å². The molecular weight excluding hydrogens is 230 g/mol. The molecule has 0 fully saturated rings. The average molecular weight is 251 g/mol. The van der Waals surface area contributed by atoms with Crippen LogP contribution in [-0.4, -0.2) is 29.3 Å². The second-order valence-electron chi connectivity index (χ2n) is 4.92. The maximum Gasteiger partial charge on any atom is 0.261 e. The van der Waals surface area contributed by atoms with Gasteiger partial charge in [0.25, 0.3) is 5.91 Å². The summed E-state index contributed by atoms with van der Waals surface area (Å²) in [5.74, 6) is 0.484. The van der Waals surface area contributed by atoms with Crippen molar-refractivity contribution in [2.24, 2.45) is 0 Å². The van der Waals surface area contributed by atoms with Crippen LogP contribution in [0.1, 0.15) is 27.2 Å². The number of aliphatic hydroxyl groups excluding tert-OH is 1. The van der Waals surface area contributed by atoms with E-state index in [0.717, 1.165) is 0 Å². The number of para-hydroxylation sites is 1. The minimum absolute atomic E-state index is 0.0429. The molecule has 0 radical (unpaired) electrons. The molecule has 0 bridgehead atoms. The number of hydrogen-bond acceptors (Lipinski definition) is 3. The molecule has 0 spiro atoms. The molecule has 0 heterocycles. The van der Waals surface area contributed by atoms with Crippen molar-refractivity contribution in [1.29, 1.82) is 0 Å². The van der Waals surface area contributed by atoms with Crippen LogP contribution in [0.5, 0.6) is 5.75 Å². The fourth-order valence-electron chi connectivity index (χ4n) is 1.53. The molecule has 1 atom stereocenters. The molecule has 0 aliphatic heterocycles. The number of carbonyl (C=O) groups excluding carboxylic acids is 1. The largest absolute Gasteiger partial charge is 0.481 e. The van der Waals surface area contributed by atoms with Gasteiger partial charge in [-0.1, -0.05) is 18.2 Å². The predicted molar refractivity (Wildman–Crippen MR) is 70.5 cm³/mol. The highest BCUT2D eigenvalue weighted by Gasteiger charge is 2.23. The minimum Gasteiger partial charge on any atom is -0.481 e. The van der Waals surface area contributed by atoms with Crippen LogP contribution in [-0.2, 0) is 4.79 Å². The molecule has 0 saturated heterocycles. The lowest BCUT2D eigenvalue weighted by atomic mass is 10.0. The summed E-state index contributed by atoms with van der Waals surface area (Å²) in [6, 6.07) is 9.22. The fraction of sp³-hybridized carbons (Fsp3) is 0.500. The van der Waals surface area contributed by atoms with E-state index in [2.05, 4.69) is 5.32 Å². The summed E-state index contributed by atoms with van der Waals surface area (Å²) in [6.07, 6.45) is -0.0538. The molecule has 100 valence electrons. The van der Waals surface area contributed by atoms with Crippen LogP contribution in [0.25, 0.3) is 0 Å². The Morgan fingerprint density at radius 3 is 2.56 bits per heavy atom. The Morgan fingerprint density at radius 2 is 2.00 bits per heavy atom. The molecule has 1 aromatic carbocycles. The number of amides is 1. The van der Waals surface area contributed by atoms with Crippen LogP contribution < -0.4 is 10.1 Å². The molecule has 1 amide bonds. The van der Waals surface area contributed by atoms with E-state index in [-0.39, 0.29) is 12.5 Å². The Kier molecular flexibility index (Phi) is 5.16. The van der Waals surface area contributed by atoms with E-state index in [4.69, 9.17) is 9.84 Å². The molecule has 0 aromatic heterocycles. The van der Waals surface area contributed by atoms with Gasteiger partial charge in [-0.2, -0.15) is 0 Å². The standard InChI is InChI=1S/C14H21NO3/c1-11(18-12-7-5-4-6-8-12)13(17)15-14(2,3)9-10-16/h4-8,11,16H,9-10H2,1-3H3,(H,15,17). The third-order valence-corrected chi connectivity index (χ3v) is 2.62. The van der Waals surface area contributed by atoms with Gasteiger partial charge in [0.1, 0.15) is 5.75 Å². The number of aliphatic hydroxyl groups is 1. The van der Waals surface area contributed by atoms with E-state index in [9.17, 15) is 4.79 Å². The Balaban J connectivity index is 2.52. The summed E-state index contributed by atoms with van der Waals surface area (Å²) in [5.41, 5.74) is -0.430. The van der Waals surface area contributed by atoms with Gasteiger partial charge in [0.2, 0.25) is 0 Å². The second-order valence-corrected chi connectivity index (χ2v) is 4.92. The molecule has 0 aliphatic rings. The van der Waals surface area contributed by atoms with Gasteiger partial charge in [-0.25, -0.2) is 0 Å². The molecule has 0 saturated carbocycles. The molecule has 4 nitrogen and oxygen atoms in total. The van der Waals surface area contributed by atoms with Crippen molar-refractivity contribution in [3.05, 3.63) is 30.3 Å². The predicted octanol–water partition coefficient (Wildman–Crippen LogP) is 1.73. The summed E-state index contributed by atoms with van der Waals surface area (Å²) in [4.78, 5) is 11.9. The number of ether oxygens (including phenoxy) is 1. The van der Waals surface area contributed by atoms with Gasteiger partial charge in [-0.3, -0.25) is 4.79 Å². The Labute approximate surface area is 108 Å². The van der Waals surface area contributed by atoms with Crippen molar-refractivity contribution >= 4 is 5.91 Å². The highest BCUT2D eigenvalue weighted by molar-refractivity contribution is 5.81. The summed E-state index contributed by atoms with van der Waals surface area (Å²) in [5, 5.41) is 11.8. The van der Waals surface area contributed by atoms with Gasteiger partial charge < -0.3 is 15.2 Å². The monoisotopic (exact) mass is 251 g/mol. The summed E-state index contributed by atoms with van der Waals surface area (Å²) < 4.78 is 5.53. The quantitative estimate of drug-likeness (QED) is 0.809. The van der Waals surface area contributed by atoms with E-state index in [1.54, 1.807) is 6.92 Å².